The zero-order chi connectivity index (χ0) is 18.0. The average Bonchev–Trinajstić information content (AvgIpc) is 3.20. The molecule has 1 atom stereocenters. The lowest BCUT2D eigenvalue weighted by Gasteiger charge is -2.20. The van der Waals surface area contributed by atoms with E-state index in [1.165, 1.54) is 0 Å². The summed E-state index contributed by atoms with van der Waals surface area (Å²) in [6.45, 7) is 4.46. The quantitative estimate of drug-likeness (QED) is 0.907. The summed E-state index contributed by atoms with van der Waals surface area (Å²) in [5.74, 6) is -0.979. The van der Waals surface area contributed by atoms with Crippen LogP contribution in [0.3, 0.4) is 0 Å². The minimum Gasteiger partial charge on any atom is -0.481 e. The van der Waals surface area contributed by atoms with Crippen LogP contribution in [0.4, 0.5) is 0 Å². The van der Waals surface area contributed by atoms with Crippen LogP contribution in [0, 0.1) is 5.41 Å². The van der Waals surface area contributed by atoms with Crippen molar-refractivity contribution in [3.63, 3.8) is 0 Å². The molecule has 1 saturated heterocycles. The highest BCUT2D eigenvalue weighted by atomic mass is 16.4. The van der Waals surface area contributed by atoms with E-state index in [9.17, 15) is 14.7 Å². The molecule has 6 heteroatoms. The summed E-state index contributed by atoms with van der Waals surface area (Å²) >= 11 is 0. The van der Waals surface area contributed by atoms with Crippen LogP contribution in [0.5, 0.6) is 0 Å². The molecular weight excluding hydrogens is 318 g/mol. The zero-order valence-electron chi connectivity index (χ0n) is 14.6. The molecule has 1 aromatic carbocycles. The zero-order valence-corrected chi connectivity index (χ0v) is 14.6. The van der Waals surface area contributed by atoms with Gasteiger partial charge in [-0.3, -0.25) is 9.59 Å². The van der Waals surface area contributed by atoms with Gasteiger partial charge in [0.2, 0.25) is 0 Å². The highest BCUT2D eigenvalue weighted by molar-refractivity contribution is 5.96. The second-order valence-corrected chi connectivity index (χ2v) is 6.84. The molecule has 2 aromatic rings. The van der Waals surface area contributed by atoms with Gasteiger partial charge in [0.05, 0.1) is 28.6 Å². The van der Waals surface area contributed by atoms with Crippen LogP contribution in [-0.4, -0.2) is 44.8 Å². The smallest absolute Gasteiger partial charge is 0.311 e. The minimum absolute atomic E-state index is 0.129. The van der Waals surface area contributed by atoms with Crippen LogP contribution < -0.4 is 0 Å². The average molecular weight is 341 g/mol. The van der Waals surface area contributed by atoms with Crippen LogP contribution in [0.15, 0.2) is 36.5 Å². The first-order valence-electron chi connectivity index (χ1n) is 8.61. The van der Waals surface area contributed by atoms with Gasteiger partial charge < -0.3 is 10.0 Å². The molecule has 6 nitrogen and oxygen atoms in total. The van der Waals surface area contributed by atoms with Crippen LogP contribution in [-0.2, 0) is 11.2 Å². The summed E-state index contributed by atoms with van der Waals surface area (Å²) < 4.78 is 1.81. The van der Waals surface area contributed by atoms with Crippen molar-refractivity contribution in [1.82, 2.24) is 14.7 Å². The second-order valence-electron chi connectivity index (χ2n) is 6.84. The number of amides is 1. The van der Waals surface area contributed by atoms with Crippen molar-refractivity contribution in [1.29, 1.82) is 0 Å². The Hall–Kier alpha value is -2.63. The maximum Gasteiger partial charge on any atom is 0.311 e. The van der Waals surface area contributed by atoms with Gasteiger partial charge in [-0.05, 0) is 31.9 Å². The van der Waals surface area contributed by atoms with E-state index in [-0.39, 0.29) is 12.5 Å². The van der Waals surface area contributed by atoms with Gasteiger partial charge in [-0.2, -0.15) is 5.10 Å². The Kier molecular flexibility index (Phi) is 4.61. The number of para-hydroxylation sites is 1. The first-order chi connectivity index (χ1) is 12.0. The van der Waals surface area contributed by atoms with E-state index in [0.29, 0.717) is 18.5 Å². The number of carboxylic acids is 1. The number of aromatic nitrogens is 2. The topological polar surface area (TPSA) is 75.4 Å². The van der Waals surface area contributed by atoms with Gasteiger partial charge >= 0.3 is 5.97 Å². The molecule has 1 N–H and O–H groups in total. The summed E-state index contributed by atoms with van der Waals surface area (Å²) in [5.41, 5.74) is 1.50. The lowest BCUT2D eigenvalue weighted by molar-refractivity contribution is -0.147. The van der Waals surface area contributed by atoms with E-state index in [1.807, 2.05) is 35.0 Å². The molecule has 1 fully saturated rings. The molecule has 1 amide bonds. The number of likely N-dealkylation sites (tertiary alicyclic amines) is 1. The summed E-state index contributed by atoms with van der Waals surface area (Å²) in [5, 5.41) is 13.8. The molecule has 1 unspecified atom stereocenters. The van der Waals surface area contributed by atoms with Crippen LogP contribution in [0.1, 0.15) is 42.7 Å². The van der Waals surface area contributed by atoms with Crippen molar-refractivity contribution in [3.8, 4) is 5.69 Å². The first kappa shape index (κ1) is 17.2. The minimum atomic E-state index is -0.865. The van der Waals surface area contributed by atoms with Crippen molar-refractivity contribution in [2.75, 3.05) is 13.1 Å². The third-order valence-corrected chi connectivity index (χ3v) is 4.86. The molecule has 1 aliphatic heterocycles. The molecule has 0 bridgehead atoms. The summed E-state index contributed by atoms with van der Waals surface area (Å²) in [7, 11) is 0. The number of aliphatic carboxylic acids is 1. The van der Waals surface area contributed by atoms with Crippen LogP contribution in [0.25, 0.3) is 5.69 Å². The summed E-state index contributed by atoms with van der Waals surface area (Å²) in [6, 6.07) is 9.73. The largest absolute Gasteiger partial charge is 0.481 e. The Balaban J connectivity index is 1.91. The molecule has 2 heterocycles. The Morgan fingerprint density at radius 2 is 2.00 bits per heavy atom. The van der Waals surface area contributed by atoms with Gasteiger partial charge in [-0.1, -0.05) is 31.5 Å². The third-order valence-electron chi connectivity index (χ3n) is 4.86. The SMILES string of the molecule is CCCc1c(C(=O)N2CCC(C)(C(=O)O)C2)cnn1-c1ccccc1. The summed E-state index contributed by atoms with van der Waals surface area (Å²) in [6.07, 6.45) is 3.71. The van der Waals surface area contributed by atoms with Crippen molar-refractivity contribution >= 4 is 11.9 Å². The Morgan fingerprint density at radius 1 is 1.28 bits per heavy atom. The molecule has 1 aromatic heterocycles. The molecule has 132 valence electrons. The molecule has 25 heavy (non-hydrogen) atoms. The molecular formula is C19H23N3O3. The van der Waals surface area contributed by atoms with Gasteiger partial charge in [0.15, 0.2) is 0 Å². The highest BCUT2D eigenvalue weighted by Gasteiger charge is 2.42. The maximum atomic E-state index is 13.0. The second kappa shape index (κ2) is 6.70. The van der Waals surface area contributed by atoms with Crippen molar-refractivity contribution in [2.45, 2.75) is 33.1 Å². The maximum absolute atomic E-state index is 13.0. The molecule has 0 radical (unpaired) electrons. The van der Waals surface area contributed by atoms with Gasteiger partial charge in [0.25, 0.3) is 5.91 Å². The van der Waals surface area contributed by atoms with Gasteiger partial charge in [0, 0.05) is 13.1 Å². The number of rotatable bonds is 5. The number of carbonyl (C=O) groups excluding carboxylic acids is 1. The number of carboxylic acid groups (broad SMARTS) is 1. The third kappa shape index (κ3) is 3.16. The predicted octanol–water partition coefficient (Wildman–Crippen LogP) is 2.76. The molecule has 0 saturated carbocycles. The highest BCUT2D eigenvalue weighted by Crippen LogP contribution is 2.31. The Labute approximate surface area is 147 Å². The van der Waals surface area contributed by atoms with Crippen LogP contribution >= 0.6 is 0 Å². The van der Waals surface area contributed by atoms with Crippen molar-refractivity contribution < 1.29 is 14.7 Å². The number of benzene rings is 1. The van der Waals surface area contributed by atoms with E-state index < -0.39 is 11.4 Å². The fourth-order valence-corrected chi connectivity index (χ4v) is 3.30. The molecule has 1 aliphatic rings. The number of hydrogen-bond donors (Lipinski definition) is 1. The first-order valence-corrected chi connectivity index (χ1v) is 8.61. The fraction of sp³-hybridized carbons (Fsp3) is 0.421. The van der Waals surface area contributed by atoms with Crippen LogP contribution in [0.2, 0.25) is 0 Å². The van der Waals surface area contributed by atoms with E-state index in [1.54, 1.807) is 18.0 Å². The predicted molar refractivity (Wildman–Crippen MR) is 93.8 cm³/mol. The van der Waals surface area contributed by atoms with Crippen molar-refractivity contribution in [3.05, 3.63) is 47.8 Å². The van der Waals surface area contributed by atoms with E-state index >= 15 is 0 Å². The number of hydrogen-bond acceptors (Lipinski definition) is 3. The van der Waals surface area contributed by atoms with E-state index in [4.69, 9.17) is 0 Å². The monoisotopic (exact) mass is 341 g/mol. The lowest BCUT2D eigenvalue weighted by Crippen LogP contribution is -2.35. The lowest BCUT2D eigenvalue weighted by atomic mass is 9.90. The molecule has 0 spiro atoms. The van der Waals surface area contributed by atoms with Gasteiger partial charge in [0.1, 0.15) is 0 Å². The summed E-state index contributed by atoms with van der Waals surface area (Å²) in [4.78, 5) is 26.0. The van der Waals surface area contributed by atoms with E-state index in [2.05, 4.69) is 12.0 Å². The standard InChI is InChI=1S/C19H23N3O3/c1-3-7-16-15(12-20-22(16)14-8-5-4-6-9-14)17(23)21-11-10-19(2,13-21)18(24)25/h4-6,8-9,12H,3,7,10-11,13H2,1-2H3,(H,24,25). The number of nitrogens with zero attached hydrogens (tertiary/aromatic N) is 3. The van der Waals surface area contributed by atoms with Crippen molar-refractivity contribution in [2.24, 2.45) is 5.41 Å². The van der Waals surface area contributed by atoms with E-state index in [0.717, 1.165) is 24.2 Å². The Bertz CT molecular complexity index is 784. The molecule has 0 aliphatic carbocycles. The van der Waals surface area contributed by atoms with Gasteiger partial charge in [-0.15, -0.1) is 0 Å². The molecule has 3 rings (SSSR count). The normalized spacial score (nSPS) is 20.0. The fourth-order valence-electron chi connectivity index (χ4n) is 3.30. The number of carbonyl (C=O) groups is 2. The van der Waals surface area contributed by atoms with Gasteiger partial charge in [-0.25, -0.2) is 4.68 Å². The Morgan fingerprint density at radius 3 is 2.60 bits per heavy atom.